The average molecular weight is 373 g/mol. The van der Waals surface area contributed by atoms with Gasteiger partial charge in [0.05, 0.1) is 19.0 Å². The van der Waals surface area contributed by atoms with Gasteiger partial charge in [-0.1, -0.05) is 34.1 Å². The number of rotatable bonds is 7. The van der Waals surface area contributed by atoms with Gasteiger partial charge in [0.15, 0.2) is 0 Å². The molecule has 4 nitrogen and oxygen atoms in total. The molecule has 0 radical (unpaired) electrons. The number of nitrogens with one attached hydrogen (secondary N) is 1. The average Bonchev–Trinajstić information content (AvgIpc) is 2.50. The minimum atomic E-state index is 0.111. The maximum atomic E-state index is 11.8. The summed E-state index contributed by atoms with van der Waals surface area (Å²) in [5.74, 6) is 1.46. The van der Waals surface area contributed by atoms with Crippen LogP contribution in [0.25, 0.3) is 0 Å². The van der Waals surface area contributed by atoms with Gasteiger partial charge in [0.25, 0.3) is 0 Å². The third kappa shape index (κ3) is 6.38. The molecule has 1 aliphatic heterocycles. The molecule has 6 heteroatoms. The van der Waals surface area contributed by atoms with Crippen molar-refractivity contribution in [3.05, 3.63) is 34.3 Å². The van der Waals surface area contributed by atoms with Gasteiger partial charge in [0, 0.05) is 36.4 Å². The van der Waals surface area contributed by atoms with Crippen molar-refractivity contribution in [1.29, 1.82) is 0 Å². The van der Waals surface area contributed by atoms with Gasteiger partial charge in [-0.3, -0.25) is 9.69 Å². The molecule has 116 valence electrons. The van der Waals surface area contributed by atoms with Crippen molar-refractivity contribution in [1.82, 2.24) is 10.2 Å². The number of thioether (sulfide) groups is 1. The van der Waals surface area contributed by atoms with Gasteiger partial charge >= 0.3 is 0 Å². The molecule has 1 amide bonds. The van der Waals surface area contributed by atoms with E-state index in [2.05, 4.69) is 32.2 Å². The standard InChI is InChI=1S/C15H21BrN2O2S/c16-14-4-2-1-3-13(14)11-21-12-15(19)17-5-6-18-7-9-20-10-8-18/h1-4H,5-12H2,(H,17,19). The first-order valence-electron chi connectivity index (χ1n) is 7.13. The molecule has 1 heterocycles. The highest BCUT2D eigenvalue weighted by Crippen LogP contribution is 2.20. The summed E-state index contributed by atoms with van der Waals surface area (Å²) >= 11 is 5.16. The van der Waals surface area contributed by atoms with Crippen LogP contribution in [-0.2, 0) is 15.3 Å². The fourth-order valence-electron chi connectivity index (χ4n) is 2.10. The third-order valence-electron chi connectivity index (χ3n) is 3.30. The molecule has 1 N–H and O–H groups in total. The van der Waals surface area contributed by atoms with E-state index >= 15 is 0 Å². The first-order chi connectivity index (χ1) is 10.3. The van der Waals surface area contributed by atoms with Crippen molar-refractivity contribution >= 4 is 33.6 Å². The molecule has 0 saturated carbocycles. The summed E-state index contributed by atoms with van der Waals surface area (Å²) in [5, 5.41) is 2.98. The predicted molar refractivity (Wildman–Crippen MR) is 90.6 cm³/mol. The smallest absolute Gasteiger partial charge is 0.230 e. The summed E-state index contributed by atoms with van der Waals surface area (Å²) in [6, 6.07) is 8.12. The summed E-state index contributed by atoms with van der Waals surface area (Å²) in [5.41, 5.74) is 1.23. The Hall–Kier alpha value is -0.560. The Kier molecular flexibility index (Phi) is 7.57. The first-order valence-corrected chi connectivity index (χ1v) is 9.08. The van der Waals surface area contributed by atoms with Crippen LogP contribution in [0.2, 0.25) is 0 Å². The number of nitrogens with zero attached hydrogens (tertiary/aromatic N) is 1. The van der Waals surface area contributed by atoms with E-state index in [1.165, 1.54) is 5.56 Å². The lowest BCUT2D eigenvalue weighted by Crippen LogP contribution is -2.41. The quantitative estimate of drug-likeness (QED) is 0.795. The van der Waals surface area contributed by atoms with Gasteiger partial charge in [-0.15, -0.1) is 11.8 Å². The Bertz CT molecular complexity index is 453. The highest BCUT2D eigenvalue weighted by atomic mass is 79.9. The van der Waals surface area contributed by atoms with Gasteiger partial charge < -0.3 is 10.1 Å². The van der Waals surface area contributed by atoms with Gasteiger partial charge in [-0.2, -0.15) is 0 Å². The van der Waals surface area contributed by atoms with Crippen LogP contribution in [0.1, 0.15) is 5.56 Å². The second-order valence-electron chi connectivity index (χ2n) is 4.89. The van der Waals surface area contributed by atoms with Crippen LogP contribution in [0, 0.1) is 0 Å². The number of benzene rings is 1. The molecule has 1 fully saturated rings. The second-order valence-corrected chi connectivity index (χ2v) is 6.73. The summed E-state index contributed by atoms with van der Waals surface area (Å²) in [4.78, 5) is 14.1. The van der Waals surface area contributed by atoms with Crippen LogP contribution >= 0.6 is 27.7 Å². The fourth-order valence-corrected chi connectivity index (χ4v) is 3.57. The molecule has 0 bridgehead atoms. The highest BCUT2D eigenvalue weighted by molar-refractivity contribution is 9.10. The molecule has 2 rings (SSSR count). The van der Waals surface area contributed by atoms with Crippen molar-refractivity contribution in [2.24, 2.45) is 0 Å². The van der Waals surface area contributed by atoms with Crippen molar-refractivity contribution in [3.8, 4) is 0 Å². The molecule has 0 aromatic heterocycles. The van der Waals surface area contributed by atoms with E-state index < -0.39 is 0 Å². The molecule has 0 atom stereocenters. The van der Waals surface area contributed by atoms with Crippen LogP contribution in [-0.4, -0.2) is 56.0 Å². The normalized spacial score (nSPS) is 15.9. The molecule has 1 saturated heterocycles. The maximum Gasteiger partial charge on any atom is 0.230 e. The van der Waals surface area contributed by atoms with Crippen molar-refractivity contribution < 1.29 is 9.53 Å². The third-order valence-corrected chi connectivity index (χ3v) is 5.06. The zero-order chi connectivity index (χ0) is 14.9. The summed E-state index contributed by atoms with van der Waals surface area (Å²) in [6.45, 7) is 5.16. The lowest BCUT2D eigenvalue weighted by Gasteiger charge is -2.26. The second kappa shape index (κ2) is 9.46. The Balaban J connectivity index is 1.56. The molecule has 0 aliphatic carbocycles. The van der Waals surface area contributed by atoms with Crippen molar-refractivity contribution in [3.63, 3.8) is 0 Å². The zero-order valence-electron chi connectivity index (χ0n) is 12.0. The Morgan fingerprint density at radius 2 is 2.10 bits per heavy atom. The monoisotopic (exact) mass is 372 g/mol. The number of carbonyl (C=O) groups is 1. The number of carbonyl (C=O) groups excluding carboxylic acids is 1. The van der Waals surface area contributed by atoms with Gasteiger partial charge in [0.1, 0.15) is 0 Å². The zero-order valence-corrected chi connectivity index (χ0v) is 14.4. The number of amides is 1. The summed E-state index contributed by atoms with van der Waals surface area (Å²) in [6.07, 6.45) is 0. The summed E-state index contributed by atoms with van der Waals surface area (Å²) in [7, 11) is 0. The minimum Gasteiger partial charge on any atom is -0.379 e. The van der Waals surface area contributed by atoms with E-state index in [0.717, 1.165) is 43.1 Å². The van der Waals surface area contributed by atoms with Gasteiger partial charge in [-0.25, -0.2) is 0 Å². The van der Waals surface area contributed by atoms with Crippen LogP contribution < -0.4 is 5.32 Å². The molecule has 0 spiro atoms. The Morgan fingerprint density at radius 1 is 1.33 bits per heavy atom. The lowest BCUT2D eigenvalue weighted by molar-refractivity contribution is -0.118. The molecule has 1 aromatic rings. The van der Waals surface area contributed by atoms with Crippen molar-refractivity contribution in [2.45, 2.75) is 5.75 Å². The molecule has 0 unspecified atom stereocenters. The van der Waals surface area contributed by atoms with E-state index in [-0.39, 0.29) is 5.91 Å². The Morgan fingerprint density at radius 3 is 2.86 bits per heavy atom. The van der Waals surface area contributed by atoms with E-state index in [0.29, 0.717) is 12.3 Å². The highest BCUT2D eigenvalue weighted by Gasteiger charge is 2.10. The summed E-state index contributed by atoms with van der Waals surface area (Å²) < 4.78 is 6.40. The Labute approximate surface area is 138 Å². The molecule has 1 aliphatic rings. The number of hydrogen-bond donors (Lipinski definition) is 1. The van der Waals surface area contributed by atoms with Crippen LogP contribution in [0.5, 0.6) is 0 Å². The molecular weight excluding hydrogens is 352 g/mol. The maximum absolute atomic E-state index is 11.8. The number of halogens is 1. The van der Waals surface area contributed by atoms with Crippen LogP contribution in [0.15, 0.2) is 28.7 Å². The molecule has 21 heavy (non-hydrogen) atoms. The van der Waals surface area contributed by atoms with Gasteiger partial charge in [-0.05, 0) is 11.6 Å². The number of morpholine rings is 1. The van der Waals surface area contributed by atoms with Crippen molar-refractivity contribution in [2.75, 3.05) is 45.1 Å². The van der Waals surface area contributed by atoms with E-state index in [1.54, 1.807) is 11.8 Å². The first kappa shape index (κ1) is 16.8. The van der Waals surface area contributed by atoms with E-state index in [4.69, 9.17) is 4.74 Å². The molecule has 1 aromatic carbocycles. The number of hydrogen-bond acceptors (Lipinski definition) is 4. The minimum absolute atomic E-state index is 0.111. The van der Waals surface area contributed by atoms with E-state index in [9.17, 15) is 4.79 Å². The molecular formula is C15H21BrN2O2S. The SMILES string of the molecule is O=C(CSCc1ccccc1Br)NCCN1CCOCC1. The number of ether oxygens (including phenoxy) is 1. The van der Waals surface area contributed by atoms with Crippen LogP contribution in [0.3, 0.4) is 0 Å². The topological polar surface area (TPSA) is 41.6 Å². The van der Waals surface area contributed by atoms with E-state index in [1.807, 2.05) is 18.2 Å². The van der Waals surface area contributed by atoms with Crippen LogP contribution in [0.4, 0.5) is 0 Å². The fraction of sp³-hybridized carbons (Fsp3) is 0.533. The predicted octanol–water partition coefficient (Wildman–Crippen LogP) is 2.13. The lowest BCUT2D eigenvalue weighted by atomic mass is 10.2. The van der Waals surface area contributed by atoms with Gasteiger partial charge in [0.2, 0.25) is 5.91 Å². The largest absolute Gasteiger partial charge is 0.379 e.